The molecule has 10 heteroatoms. The van der Waals surface area contributed by atoms with Gasteiger partial charge in [0.2, 0.25) is 0 Å². The van der Waals surface area contributed by atoms with Crippen LogP contribution in [0.25, 0.3) is 11.0 Å². The van der Waals surface area contributed by atoms with Crippen LogP contribution in [0.5, 0.6) is 0 Å². The molecule has 0 spiro atoms. The highest BCUT2D eigenvalue weighted by Crippen LogP contribution is 2.34. The highest BCUT2D eigenvalue weighted by molar-refractivity contribution is 9.10. The fraction of sp³-hybridized carbons (Fsp3) is 0.350. The molecule has 1 aliphatic heterocycles. The molecule has 0 unspecified atom stereocenters. The van der Waals surface area contributed by atoms with Crippen LogP contribution in [0.4, 0.5) is 20.3 Å². The van der Waals surface area contributed by atoms with Crippen LogP contribution in [-0.4, -0.2) is 43.6 Å². The average Bonchev–Trinajstić information content (AvgIpc) is 3.01. The largest absolute Gasteiger partial charge is 0.392 e. The molecule has 0 radical (unpaired) electrons. The van der Waals surface area contributed by atoms with Gasteiger partial charge in [-0.1, -0.05) is 17.7 Å². The van der Waals surface area contributed by atoms with E-state index in [0.29, 0.717) is 45.7 Å². The molecule has 1 fully saturated rings. The Bertz CT molecular complexity index is 1090. The number of hydrogen-bond donors (Lipinski definition) is 2. The van der Waals surface area contributed by atoms with Crippen LogP contribution in [0.2, 0.25) is 5.02 Å². The Morgan fingerprint density at radius 1 is 1.37 bits per heavy atom. The van der Waals surface area contributed by atoms with E-state index in [1.807, 2.05) is 6.92 Å². The number of β-amino-alcohol motifs (C(OH)–C–C–N with tert-alkyl or cyclic N) is 1. The highest BCUT2D eigenvalue weighted by atomic mass is 79.9. The summed E-state index contributed by atoms with van der Waals surface area (Å²) in [5.41, 5.74) is 2.03. The summed E-state index contributed by atoms with van der Waals surface area (Å²) in [6.07, 6.45) is -0.795. The standard InChI is InChI=1S/C20H19BrClF2N5O/c1-10-5-12(30)9-29(10)8-11-6-15-17(25-7-11)19(28-20(27-15)18(23)24)26-14-4-2-3-13(21)16(14)22/h2-4,6-7,10,12,18,30H,5,8-9H2,1H3,(H,26,27,28)/t10-,12-/m1/s1. The fourth-order valence-electron chi connectivity index (χ4n) is 3.60. The number of hydrogen-bond acceptors (Lipinski definition) is 6. The Balaban J connectivity index is 1.72. The third-order valence-corrected chi connectivity index (χ3v) is 6.37. The first-order chi connectivity index (χ1) is 14.3. The number of aliphatic hydroxyl groups excluding tert-OH is 1. The molecule has 2 atom stereocenters. The lowest BCUT2D eigenvalue weighted by atomic mass is 10.2. The smallest absolute Gasteiger partial charge is 0.297 e. The van der Waals surface area contributed by atoms with E-state index in [1.165, 1.54) is 0 Å². The Morgan fingerprint density at radius 2 is 2.17 bits per heavy atom. The minimum absolute atomic E-state index is 0.159. The van der Waals surface area contributed by atoms with Gasteiger partial charge in [-0.2, -0.15) is 0 Å². The minimum Gasteiger partial charge on any atom is -0.392 e. The predicted molar refractivity (Wildman–Crippen MR) is 115 cm³/mol. The lowest BCUT2D eigenvalue weighted by molar-refractivity contribution is 0.141. The summed E-state index contributed by atoms with van der Waals surface area (Å²) in [5, 5.41) is 13.3. The number of halogens is 4. The van der Waals surface area contributed by atoms with E-state index < -0.39 is 12.2 Å². The number of pyridine rings is 1. The Hall–Kier alpha value is -1.94. The van der Waals surface area contributed by atoms with Gasteiger partial charge in [0, 0.05) is 29.8 Å². The number of alkyl halides is 2. The first kappa shape index (κ1) is 21.3. The normalized spacial score (nSPS) is 19.7. The Morgan fingerprint density at radius 3 is 2.87 bits per heavy atom. The van der Waals surface area contributed by atoms with Crippen LogP contribution in [0.3, 0.4) is 0 Å². The lowest BCUT2D eigenvalue weighted by Gasteiger charge is -2.20. The number of nitrogens with one attached hydrogen (secondary N) is 1. The maximum atomic E-state index is 13.4. The van der Waals surface area contributed by atoms with Crippen molar-refractivity contribution in [2.45, 2.75) is 38.5 Å². The van der Waals surface area contributed by atoms with Crippen molar-refractivity contribution in [3.05, 3.63) is 51.3 Å². The summed E-state index contributed by atoms with van der Waals surface area (Å²) in [5.74, 6) is -0.424. The van der Waals surface area contributed by atoms with Gasteiger partial charge in [0.1, 0.15) is 5.52 Å². The van der Waals surface area contributed by atoms with E-state index in [0.717, 1.165) is 5.56 Å². The van der Waals surface area contributed by atoms with Crippen LogP contribution in [0, 0.1) is 0 Å². The van der Waals surface area contributed by atoms with Gasteiger partial charge in [-0.3, -0.25) is 9.88 Å². The third kappa shape index (κ3) is 4.39. The molecule has 0 saturated carbocycles. The number of fused-ring (bicyclic) bond motifs is 1. The first-order valence-electron chi connectivity index (χ1n) is 9.39. The summed E-state index contributed by atoms with van der Waals surface area (Å²) in [7, 11) is 0. The van der Waals surface area contributed by atoms with E-state index >= 15 is 0 Å². The molecule has 6 nitrogen and oxygen atoms in total. The van der Waals surface area contributed by atoms with Crippen LogP contribution in [0.15, 0.2) is 34.9 Å². The van der Waals surface area contributed by atoms with Gasteiger partial charge >= 0.3 is 0 Å². The zero-order valence-corrected chi connectivity index (χ0v) is 18.3. The number of anilines is 2. The highest BCUT2D eigenvalue weighted by Gasteiger charge is 2.27. The van der Waals surface area contributed by atoms with Crippen LogP contribution in [-0.2, 0) is 6.54 Å². The molecule has 3 heterocycles. The molecule has 1 aromatic carbocycles. The minimum atomic E-state index is -2.83. The average molecular weight is 499 g/mol. The zero-order chi connectivity index (χ0) is 21.4. The molecule has 158 valence electrons. The maximum absolute atomic E-state index is 13.4. The van der Waals surface area contributed by atoms with Crippen molar-refractivity contribution in [3.63, 3.8) is 0 Å². The van der Waals surface area contributed by atoms with Crippen LogP contribution >= 0.6 is 27.5 Å². The molecule has 0 aliphatic carbocycles. The molecule has 1 saturated heterocycles. The van der Waals surface area contributed by atoms with E-state index in [1.54, 1.807) is 30.5 Å². The van der Waals surface area contributed by atoms with Gasteiger partial charge in [0.25, 0.3) is 6.43 Å². The quantitative estimate of drug-likeness (QED) is 0.511. The predicted octanol–water partition coefficient (Wildman–Crippen LogP) is 5.08. The van der Waals surface area contributed by atoms with Crippen molar-refractivity contribution >= 4 is 50.1 Å². The van der Waals surface area contributed by atoms with Crippen LogP contribution < -0.4 is 5.32 Å². The van der Waals surface area contributed by atoms with E-state index in [-0.39, 0.29) is 18.0 Å². The van der Waals surface area contributed by atoms with E-state index in [9.17, 15) is 13.9 Å². The number of aromatic nitrogens is 3. The molecule has 1 aliphatic rings. The van der Waals surface area contributed by atoms with Crippen molar-refractivity contribution in [3.8, 4) is 0 Å². The Labute approximate surface area is 185 Å². The zero-order valence-electron chi connectivity index (χ0n) is 16.0. The summed E-state index contributed by atoms with van der Waals surface area (Å²) < 4.78 is 27.5. The van der Waals surface area contributed by atoms with Gasteiger partial charge in [0.15, 0.2) is 11.6 Å². The second kappa shape index (κ2) is 8.66. The molecule has 2 N–H and O–H groups in total. The molecule has 4 rings (SSSR count). The number of likely N-dealkylation sites (tertiary alicyclic amines) is 1. The van der Waals surface area contributed by atoms with Gasteiger partial charge < -0.3 is 10.4 Å². The molecular formula is C20H19BrClF2N5O. The topological polar surface area (TPSA) is 74.2 Å². The third-order valence-electron chi connectivity index (χ3n) is 5.08. The van der Waals surface area contributed by atoms with Gasteiger partial charge in [-0.15, -0.1) is 0 Å². The summed E-state index contributed by atoms with van der Waals surface area (Å²) in [6, 6.07) is 7.23. The second-order valence-corrected chi connectivity index (χ2v) is 8.57. The second-order valence-electron chi connectivity index (χ2n) is 7.34. The number of benzene rings is 1. The molecule has 0 bridgehead atoms. The van der Waals surface area contributed by atoms with Gasteiger partial charge in [-0.05, 0) is 53.0 Å². The van der Waals surface area contributed by atoms with Crippen molar-refractivity contribution in [1.29, 1.82) is 0 Å². The molecule has 0 amide bonds. The molecule has 2 aromatic heterocycles. The molecular weight excluding hydrogens is 480 g/mol. The monoisotopic (exact) mass is 497 g/mol. The fourth-order valence-corrected chi connectivity index (χ4v) is 4.14. The summed E-state index contributed by atoms with van der Waals surface area (Å²) in [6.45, 7) is 3.17. The number of aliphatic hydroxyl groups is 1. The van der Waals surface area contributed by atoms with Crippen molar-refractivity contribution in [1.82, 2.24) is 19.9 Å². The van der Waals surface area contributed by atoms with Crippen molar-refractivity contribution < 1.29 is 13.9 Å². The Kier molecular flexibility index (Phi) is 6.15. The van der Waals surface area contributed by atoms with Crippen LogP contribution in [0.1, 0.15) is 31.2 Å². The summed E-state index contributed by atoms with van der Waals surface area (Å²) in [4.78, 5) is 14.5. The van der Waals surface area contributed by atoms with E-state index in [4.69, 9.17) is 11.6 Å². The number of nitrogens with zero attached hydrogens (tertiary/aromatic N) is 4. The van der Waals surface area contributed by atoms with Gasteiger partial charge in [0.05, 0.1) is 22.3 Å². The number of rotatable bonds is 5. The van der Waals surface area contributed by atoms with E-state index in [2.05, 4.69) is 41.1 Å². The SMILES string of the molecule is C[C@@H]1C[C@@H](O)CN1Cc1cnc2c(Nc3cccc(Br)c3Cl)nc(C(F)F)nc2c1. The lowest BCUT2D eigenvalue weighted by Crippen LogP contribution is -2.27. The molecule has 3 aromatic rings. The maximum Gasteiger partial charge on any atom is 0.297 e. The molecule has 30 heavy (non-hydrogen) atoms. The van der Waals surface area contributed by atoms with Crippen molar-refractivity contribution in [2.75, 3.05) is 11.9 Å². The van der Waals surface area contributed by atoms with Crippen molar-refractivity contribution in [2.24, 2.45) is 0 Å². The first-order valence-corrected chi connectivity index (χ1v) is 10.6. The van der Waals surface area contributed by atoms with Gasteiger partial charge in [-0.25, -0.2) is 18.7 Å². The summed E-state index contributed by atoms with van der Waals surface area (Å²) >= 11 is 9.64.